The Morgan fingerprint density at radius 2 is 1.71 bits per heavy atom. The van der Waals surface area contributed by atoms with E-state index < -0.39 is 35.5 Å². The highest BCUT2D eigenvalue weighted by molar-refractivity contribution is 6.31. The predicted octanol–water partition coefficient (Wildman–Crippen LogP) is 3.91. The molecule has 34 heavy (non-hydrogen) atoms. The third-order valence-electron chi connectivity index (χ3n) is 5.43. The lowest BCUT2D eigenvalue weighted by Gasteiger charge is -2.28. The summed E-state index contributed by atoms with van der Waals surface area (Å²) < 4.78 is 14.2. The summed E-state index contributed by atoms with van der Waals surface area (Å²) in [6.45, 7) is 1.71. The number of hydrazine groups is 1. The summed E-state index contributed by atoms with van der Waals surface area (Å²) in [4.78, 5) is 53.4. The lowest BCUT2D eigenvalue weighted by molar-refractivity contribution is -0.122. The molecule has 3 aromatic carbocycles. The van der Waals surface area contributed by atoms with E-state index in [4.69, 9.17) is 11.6 Å². The summed E-state index contributed by atoms with van der Waals surface area (Å²) in [5.41, 5.74) is 3.12. The van der Waals surface area contributed by atoms with Gasteiger partial charge < -0.3 is 0 Å². The van der Waals surface area contributed by atoms with Crippen LogP contribution in [0.4, 0.5) is 10.1 Å². The molecule has 4 rings (SSSR count). The van der Waals surface area contributed by atoms with Gasteiger partial charge in [-0.1, -0.05) is 48.0 Å². The molecular weight excluding hydrogens is 461 g/mol. The number of carbonyl (C=O) groups is 4. The van der Waals surface area contributed by atoms with Crippen LogP contribution in [0.1, 0.15) is 32.7 Å². The molecule has 0 spiro atoms. The van der Waals surface area contributed by atoms with Crippen LogP contribution in [0.3, 0.4) is 0 Å². The van der Waals surface area contributed by atoms with Crippen LogP contribution in [0, 0.1) is 12.7 Å². The van der Waals surface area contributed by atoms with Crippen molar-refractivity contribution in [2.75, 3.05) is 4.90 Å². The summed E-state index contributed by atoms with van der Waals surface area (Å²) in [5, 5.41) is 1.12. The minimum Gasteiger partial charge on any atom is -0.274 e. The largest absolute Gasteiger partial charge is 0.274 e. The van der Waals surface area contributed by atoms with Gasteiger partial charge in [-0.25, -0.2) is 14.3 Å². The first kappa shape index (κ1) is 23.1. The number of hydrogen-bond acceptors (Lipinski definition) is 4. The van der Waals surface area contributed by atoms with E-state index in [9.17, 15) is 23.6 Å². The molecule has 3 aromatic rings. The molecule has 1 aliphatic rings. The van der Waals surface area contributed by atoms with E-state index in [1.807, 2.05) is 0 Å². The Morgan fingerprint density at radius 1 is 1.03 bits per heavy atom. The first-order chi connectivity index (χ1) is 16.3. The second-order valence-corrected chi connectivity index (χ2v) is 8.12. The van der Waals surface area contributed by atoms with Gasteiger partial charge in [0, 0.05) is 10.6 Å². The standard InChI is InChI=1S/C25H19ClFN3O4/c1-15-11-12-17(26)13-20(15)29-22(31)14-21(25(29)34)30(24(33)16-7-3-2-4-8-16)28-23(32)18-9-5-6-10-19(18)27/h2-13,21H,14H2,1H3,(H,28,32). The zero-order valence-corrected chi connectivity index (χ0v) is 18.8. The van der Waals surface area contributed by atoms with Crippen molar-refractivity contribution in [1.82, 2.24) is 10.4 Å². The molecule has 0 aromatic heterocycles. The van der Waals surface area contributed by atoms with Gasteiger partial charge in [0.25, 0.3) is 17.7 Å². The van der Waals surface area contributed by atoms with Crippen molar-refractivity contribution in [2.45, 2.75) is 19.4 Å². The molecule has 1 unspecified atom stereocenters. The Morgan fingerprint density at radius 3 is 2.41 bits per heavy atom. The van der Waals surface area contributed by atoms with Gasteiger partial charge in [0.1, 0.15) is 11.9 Å². The number of carbonyl (C=O) groups excluding carboxylic acids is 4. The molecular formula is C25H19ClFN3O4. The maximum Gasteiger partial charge on any atom is 0.273 e. The molecule has 7 nitrogen and oxygen atoms in total. The fourth-order valence-corrected chi connectivity index (χ4v) is 3.87. The number of nitrogens with one attached hydrogen (secondary N) is 1. The number of halogens is 2. The van der Waals surface area contributed by atoms with E-state index in [0.29, 0.717) is 10.6 Å². The molecule has 0 radical (unpaired) electrons. The van der Waals surface area contributed by atoms with Crippen LogP contribution in [0.5, 0.6) is 0 Å². The number of hydrogen-bond donors (Lipinski definition) is 1. The van der Waals surface area contributed by atoms with Gasteiger partial charge in [-0.05, 0) is 48.9 Å². The van der Waals surface area contributed by atoms with Crippen LogP contribution in [0.25, 0.3) is 0 Å². The van der Waals surface area contributed by atoms with Gasteiger partial charge >= 0.3 is 0 Å². The van der Waals surface area contributed by atoms with Gasteiger partial charge in [-0.15, -0.1) is 0 Å². The van der Waals surface area contributed by atoms with Crippen LogP contribution >= 0.6 is 11.6 Å². The minimum atomic E-state index is -1.34. The molecule has 172 valence electrons. The number of benzene rings is 3. The molecule has 0 bridgehead atoms. The Bertz CT molecular complexity index is 1300. The van der Waals surface area contributed by atoms with Gasteiger partial charge in [-0.3, -0.25) is 24.6 Å². The second-order valence-electron chi connectivity index (χ2n) is 7.68. The zero-order valence-electron chi connectivity index (χ0n) is 18.0. The summed E-state index contributed by atoms with van der Waals surface area (Å²) >= 11 is 6.07. The first-order valence-corrected chi connectivity index (χ1v) is 10.7. The number of rotatable bonds is 4. The maximum absolute atomic E-state index is 14.2. The fourth-order valence-electron chi connectivity index (χ4n) is 3.70. The van der Waals surface area contributed by atoms with Crippen molar-refractivity contribution in [2.24, 2.45) is 0 Å². The lowest BCUT2D eigenvalue weighted by Crippen LogP contribution is -2.54. The van der Waals surface area contributed by atoms with Crippen LogP contribution in [-0.4, -0.2) is 34.7 Å². The summed E-state index contributed by atoms with van der Waals surface area (Å²) in [7, 11) is 0. The zero-order chi connectivity index (χ0) is 24.4. The quantitative estimate of drug-likeness (QED) is 0.454. The van der Waals surface area contributed by atoms with Crippen molar-refractivity contribution in [3.63, 3.8) is 0 Å². The van der Waals surface area contributed by atoms with Crippen molar-refractivity contribution in [3.8, 4) is 0 Å². The van der Waals surface area contributed by atoms with E-state index in [2.05, 4.69) is 5.43 Å². The molecule has 9 heteroatoms. The molecule has 1 N–H and O–H groups in total. The first-order valence-electron chi connectivity index (χ1n) is 10.3. The monoisotopic (exact) mass is 479 g/mol. The number of aryl methyl sites for hydroxylation is 1. The fraction of sp³-hybridized carbons (Fsp3) is 0.120. The van der Waals surface area contributed by atoms with E-state index in [1.165, 1.54) is 36.4 Å². The van der Waals surface area contributed by atoms with Gasteiger partial charge in [0.2, 0.25) is 5.91 Å². The molecule has 1 aliphatic heterocycles. The van der Waals surface area contributed by atoms with Gasteiger partial charge in [-0.2, -0.15) is 0 Å². The van der Waals surface area contributed by atoms with Crippen molar-refractivity contribution in [3.05, 3.63) is 100 Å². The molecule has 1 fully saturated rings. The van der Waals surface area contributed by atoms with Crippen LogP contribution in [0.2, 0.25) is 5.02 Å². The van der Waals surface area contributed by atoms with Crippen LogP contribution < -0.4 is 10.3 Å². The number of anilines is 1. The molecule has 0 aliphatic carbocycles. The van der Waals surface area contributed by atoms with E-state index in [1.54, 1.807) is 37.3 Å². The highest BCUT2D eigenvalue weighted by Crippen LogP contribution is 2.30. The summed E-state index contributed by atoms with van der Waals surface area (Å²) in [6.07, 6.45) is -0.374. The van der Waals surface area contributed by atoms with Gasteiger partial charge in [0.05, 0.1) is 17.7 Å². The van der Waals surface area contributed by atoms with Crippen molar-refractivity contribution in [1.29, 1.82) is 0 Å². The molecule has 0 saturated carbocycles. The number of amides is 4. The molecule has 1 atom stereocenters. The topological polar surface area (TPSA) is 86.8 Å². The molecule has 1 heterocycles. The van der Waals surface area contributed by atoms with Crippen molar-refractivity contribution >= 4 is 40.9 Å². The number of imide groups is 1. The molecule has 4 amide bonds. The highest BCUT2D eigenvalue weighted by atomic mass is 35.5. The minimum absolute atomic E-state index is 0.175. The third kappa shape index (κ3) is 4.40. The Labute approximate surface area is 199 Å². The molecule has 1 saturated heterocycles. The predicted molar refractivity (Wildman–Crippen MR) is 124 cm³/mol. The van der Waals surface area contributed by atoms with Gasteiger partial charge in [0.15, 0.2) is 0 Å². The normalized spacial score (nSPS) is 15.4. The maximum atomic E-state index is 14.2. The average molecular weight is 480 g/mol. The SMILES string of the molecule is Cc1ccc(Cl)cc1N1C(=O)CC(N(NC(=O)c2ccccc2F)C(=O)c2ccccc2)C1=O. The Kier molecular flexibility index (Phi) is 6.43. The summed E-state index contributed by atoms with van der Waals surface area (Å²) in [5.74, 6) is -3.72. The van der Waals surface area contributed by atoms with Crippen molar-refractivity contribution < 1.29 is 23.6 Å². The average Bonchev–Trinajstić information content (AvgIpc) is 3.12. The second kappa shape index (κ2) is 9.44. The van der Waals surface area contributed by atoms with E-state index in [-0.39, 0.29) is 23.2 Å². The Hall–Kier alpha value is -4.04. The van der Waals surface area contributed by atoms with E-state index in [0.717, 1.165) is 16.0 Å². The smallest absolute Gasteiger partial charge is 0.273 e. The number of nitrogens with zero attached hydrogens (tertiary/aromatic N) is 2. The third-order valence-corrected chi connectivity index (χ3v) is 5.66. The van der Waals surface area contributed by atoms with Crippen LogP contribution in [-0.2, 0) is 9.59 Å². The van der Waals surface area contributed by atoms with E-state index >= 15 is 0 Å². The highest BCUT2D eigenvalue weighted by Gasteiger charge is 2.46. The summed E-state index contributed by atoms with van der Waals surface area (Å²) in [6, 6.07) is 16.6. The Balaban J connectivity index is 1.71. The van der Waals surface area contributed by atoms with Crippen LogP contribution in [0.15, 0.2) is 72.8 Å². The lowest BCUT2D eigenvalue weighted by atomic mass is 10.1.